The molecule has 0 saturated carbocycles. The van der Waals surface area contributed by atoms with Crippen LogP contribution in [0.5, 0.6) is 0 Å². The Bertz CT molecular complexity index is 1120. The molecule has 3 aromatic rings. The number of carboxylic acids is 1. The molecule has 0 bridgehead atoms. The molecule has 1 saturated heterocycles. The number of aromatic nitrogens is 2. The maximum Gasteiger partial charge on any atom is 0.266 e. The van der Waals surface area contributed by atoms with E-state index in [2.05, 4.69) is 0 Å². The standard InChI is InChI=1S/C21H15N3O3S2/c25-18(26)13-23-20(27)17(29-21(23)28)11-15-12-24(16-9-5-2-6-10-16)22-19(15)14-7-3-1-4-8-14/h1-12H,13H2,(H,25,26)/p-1/b17-11-. The van der Waals surface area contributed by atoms with Crippen LogP contribution in [-0.4, -0.2) is 37.4 Å². The van der Waals surface area contributed by atoms with Crippen molar-refractivity contribution in [1.82, 2.24) is 14.7 Å². The number of carbonyl (C=O) groups excluding carboxylic acids is 2. The van der Waals surface area contributed by atoms with Crippen LogP contribution in [-0.2, 0) is 9.59 Å². The molecule has 29 heavy (non-hydrogen) atoms. The monoisotopic (exact) mass is 420 g/mol. The van der Waals surface area contributed by atoms with Crippen molar-refractivity contribution in [3.8, 4) is 16.9 Å². The lowest BCUT2D eigenvalue weighted by Gasteiger charge is -2.14. The number of carbonyl (C=O) groups is 2. The van der Waals surface area contributed by atoms with Gasteiger partial charge in [-0.3, -0.25) is 9.69 Å². The van der Waals surface area contributed by atoms with Gasteiger partial charge in [-0.05, 0) is 18.2 Å². The minimum Gasteiger partial charge on any atom is -0.548 e. The molecule has 0 radical (unpaired) electrons. The van der Waals surface area contributed by atoms with E-state index in [0.29, 0.717) is 10.6 Å². The van der Waals surface area contributed by atoms with Gasteiger partial charge in [0.1, 0.15) is 4.32 Å². The molecule has 6 nitrogen and oxygen atoms in total. The number of thioether (sulfide) groups is 1. The van der Waals surface area contributed by atoms with E-state index in [1.54, 1.807) is 10.8 Å². The van der Waals surface area contributed by atoms with Crippen LogP contribution in [0.15, 0.2) is 71.8 Å². The van der Waals surface area contributed by atoms with Crippen molar-refractivity contribution in [2.75, 3.05) is 6.54 Å². The normalized spacial score (nSPS) is 15.3. The number of nitrogens with zero attached hydrogens (tertiary/aromatic N) is 3. The van der Waals surface area contributed by atoms with Crippen LogP contribution in [0.2, 0.25) is 0 Å². The molecule has 144 valence electrons. The van der Waals surface area contributed by atoms with Crippen molar-refractivity contribution in [2.24, 2.45) is 0 Å². The Kier molecular flexibility index (Phi) is 5.28. The second-order valence-electron chi connectivity index (χ2n) is 6.22. The van der Waals surface area contributed by atoms with Gasteiger partial charge in [0.2, 0.25) is 0 Å². The molecular weight excluding hydrogens is 406 g/mol. The number of benzene rings is 2. The Morgan fingerprint density at radius 1 is 1.10 bits per heavy atom. The number of aliphatic carboxylic acids is 1. The fourth-order valence-electron chi connectivity index (χ4n) is 2.93. The quantitative estimate of drug-likeness (QED) is 0.466. The summed E-state index contributed by atoms with van der Waals surface area (Å²) in [5.41, 5.74) is 3.22. The number of amides is 1. The fourth-order valence-corrected chi connectivity index (χ4v) is 4.18. The lowest BCUT2D eigenvalue weighted by atomic mass is 10.1. The largest absolute Gasteiger partial charge is 0.548 e. The van der Waals surface area contributed by atoms with Crippen molar-refractivity contribution < 1.29 is 14.7 Å². The van der Waals surface area contributed by atoms with Crippen molar-refractivity contribution in [2.45, 2.75) is 0 Å². The second kappa shape index (κ2) is 8.02. The first-order valence-corrected chi connectivity index (χ1v) is 9.91. The summed E-state index contributed by atoms with van der Waals surface area (Å²) < 4.78 is 1.94. The third-order valence-electron chi connectivity index (χ3n) is 4.26. The topological polar surface area (TPSA) is 78.3 Å². The van der Waals surface area contributed by atoms with E-state index in [1.165, 1.54) is 0 Å². The third kappa shape index (κ3) is 3.98. The maximum absolute atomic E-state index is 12.6. The molecule has 1 aromatic heterocycles. The van der Waals surface area contributed by atoms with Crippen molar-refractivity contribution in [3.05, 3.63) is 77.3 Å². The summed E-state index contributed by atoms with van der Waals surface area (Å²) in [5, 5.41) is 15.6. The first kappa shape index (κ1) is 19.1. The Labute approximate surface area is 176 Å². The predicted molar refractivity (Wildman–Crippen MR) is 114 cm³/mol. The molecule has 2 aromatic carbocycles. The van der Waals surface area contributed by atoms with Gasteiger partial charge in [-0.15, -0.1) is 0 Å². The first-order chi connectivity index (χ1) is 14.0. The average molecular weight is 420 g/mol. The molecule has 1 aliphatic heterocycles. The third-order valence-corrected chi connectivity index (χ3v) is 5.64. The average Bonchev–Trinajstić information content (AvgIpc) is 3.26. The van der Waals surface area contributed by atoms with Gasteiger partial charge in [0.05, 0.1) is 28.8 Å². The number of hydrogen-bond donors (Lipinski definition) is 0. The van der Waals surface area contributed by atoms with E-state index in [4.69, 9.17) is 17.3 Å². The SMILES string of the molecule is O=C([O-])CN1C(=O)/C(=C/c2cn(-c3ccccc3)nc2-c2ccccc2)SC1=S. The zero-order valence-corrected chi connectivity index (χ0v) is 16.7. The Morgan fingerprint density at radius 3 is 2.41 bits per heavy atom. The van der Waals surface area contributed by atoms with E-state index in [-0.39, 0.29) is 4.32 Å². The van der Waals surface area contributed by atoms with Gasteiger partial charge in [-0.1, -0.05) is 72.5 Å². The molecule has 2 heterocycles. The molecule has 0 aliphatic carbocycles. The van der Waals surface area contributed by atoms with Gasteiger partial charge in [0, 0.05) is 17.3 Å². The van der Waals surface area contributed by atoms with Crippen molar-refractivity contribution >= 4 is 46.3 Å². The summed E-state index contributed by atoms with van der Waals surface area (Å²) in [6.07, 6.45) is 3.53. The molecule has 0 spiro atoms. The van der Waals surface area contributed by atoms with Crippen LogP contribution in [0.25, 0.3) is 23.0 Å². The van der Waals surface area contributed by atoms with Gasteiger partial charge in [0.15, 0.2) is 0 Å². The summed E-state index contributed by atoms with van der Waals surface area (Å²) in [7, 11) is 0. The summed E-state index contributed by atoms with van der Waals surface area (Å²) in [6.45, 7) is -0.559. The summed E-state index contributed by atoms with van der Waals surface area (Å²) in [5.74, 6) is -1.81. The highest BCUT2D eigenvalue weighted by Gasteiger charge is 2.32. The fraction of sp³-hybridized carbons (Fsp3) is 0.0476. The smallest absolute Gasteiger partial charge is 0.266 e. The minimum atomic E-state index is -1.36. The number of carboxylic acid groups (broad SMARTS) is 1. The molecule has 0 atom stereocenters. The van der Waals surface area contributed by atoms with Gasteiger partial charge in [0.25, 0.3) is 5.91 Å². The molecule has 8 heteroatoms. The Balaban J connectivity index is 1.78. The van der Waals surface area contributed by atoms with E-state index >= 15 is 0 Å². The van der Waals surface area contributed by atoms with Gasteiger partial charge >= 0.3 is 0 Å². The molecule has 0 unspecified atom stereocenters. The van der Waals surface area contributed by atoms with E-state index in [1.807, 2.05) is 66.9 Å². The number of para-hydroxylation sites is 1. The number of thiocarbonyl (C=S) groups is 1. The molecule has 1 amide bonds. The van der Waals surface area contributed by atoms with Gasteiger partial charge < -0.3 is 9.90 Å². The van der Waals surface area contributed by atoms with Crippen LogP contribution < -0.4 is 5.11 Å². The molecular formula is C21H14N3O3S2-. The lowest BCUT2D eigenvalue weighted by Crippen LogP contribution is -2.40. The zero-order valence-electron chi connectivity index (χ0n) is 15.0. The van der Waals surface area contributed by atoms with Crippen molar-refractivity contribution in [3.63, 3.8) is 0 Å². The minimum absolute atomic E-state index is 0.196. The van der Waals surface area contributed by atoms with Crippen LogP contribution in [0, 0.1) is 0 Å². The van der Waals surface area contributed by atoms with E-state index in [9.17, 15) is 14.7 Å². The second-order valence-corrected chi connectivity index (χ2v) is 7.89. The number of rotatable bonds is 5. The maximum atomic E-state index is 12.6. The predicted octanol–water partition coefficient (Wildman–Crippen LogP) is 2.49. The van der Waals surface area contributed by atoms with Crippen LogP contribution in [0.1, 0.15) is 5.56 Å². The van der Waals surface area contributed by atoms with Crippen LogP contribution in [0.3, 0.4) is 0 Å². The molecule has 1 fully saturated rings. The van der Waals surface area contributed by atoms with Crippen LogP contribution in [0.4, 0.5) is 0 Å². The summed E-state index contributed by atoms with van der Waals surface area (Å²) in [4.78, 5) is 24.9. The highest BCUT2D eigenvalue weighted by Crippen LogP contribution is 2.34. The zero-order chi connectivity index (χ0) is 20.4. The van der Waals surface area contributed by atoms with E-state index in [0.717, 1.165) is 33.5 Å². The molecule has 0 N–H and O–H groups in total. The Morgan fingerprint density at radius 2 is 1.76 bits per heavy atom. The number of hydrogen-bond acceptors (Lipinski definition) is 6. The summed E-state index contributed by atoms with van der Waals surface area (Å²) in [6, 6.07) is 19.3. The van der Waals surface area contributed by atoms with E-state index < -0.39 is 18.4 Å². The highest BCUT2D eigenvalue weighted by molar-refractivity contribution is 8.26. The summed E-state index contributed by atoms with van der Waals surface area (Å²) >= 11 is 6.22. The molecule has 4 rings (SSSR count). The van der Waals surface area contributed by atoms with Crippen molar-refractivity contribution in [1.29, 1.82) is 0 Å². The Hall–Kier alpha value is -3.23. The van der Waals surface area contributed by atoms with Gasteiger partial charge in [-0.2, -0.15) is 5.10 Å². The van der Waals surface area contributed by atoms with Gasteiger partial charge in [-0.25, -0.2) is 4.68 Å². The highest BCUT2D eigenvalue weighted by atomic mass is 32.2. The lowest BCUT2D eigenvalue weighted by molar-refractivity contribution is -0.305. The van der Waals surface area contributed by atoms with Crippen LogP contribution >= 0.6 is 24.0 Å². The first-order valence-electron chi connectivity index (χ1n) is 8.68. The molecule has 1 aliphatic rings.